The van der Waals surface area contributed by atoms with Crippen molar-refractivity contribution < 1.29 is 9.13 Å². The van der Waals surface area contributed by atoms with Crippen LogP contribution in [0.15, 0.2) is 47.7 Å². The minimum atomic E-state index is -0.219. The molecule has 1 unspecified atom stereocenters. The fourth-order valence-corrected chi connectivity index (χ4v) is 3.17. The molecule has 0 bridgehead atoms. The molecule has 2 heterocycles. The SMILES string of the molecule is CN=C(NCCn1cccn1)NCC(c1ccc(F)cc1)N1CCOCC1.I. The minimum absolute atomic E-state index is 0. The molecule has 3 rings (SSSR count). The fraction of sp³-hybridized carbons (Fsp3) is 0.474. The van der Waals surface area contributed by atoms with Gasteiger partial charge in [-0.3, -0.25) is 14.6 Å². The van der Waals surface area contributed by atoms with E-state index in [4.69, 9.17) is 4.74 Å². The number of guanidine groups is 1. The van der Waals surface area contributed by atoms with Gasteiger partial charge in [0.25, 0.3) is 0 Å². The first-order valence-electron chi connectivity index (χ1n) is 9.25. The molecular weight excluding hydrogens is 474 g/mol. The Hall–Kier alpha value is -1.72. The van der Waals surface area contributed by atoms with Crippen LogP contribution in [0.25, 0.3) is 0 Å². The van der Waals surface area contributed by atoms with Crippen LogP contribution >= 0.6 is 24.0 Å². The van der Waals surface area contributed by atoms with Gasteiger partial charge < -0.3 is 15.4 Å². The number of nitrogens with one attached hydrogen (secondary N) is 2. The zero-order valence-electron chi connectivity index (χ0n) is 16.1. The molecule has 1 aromatic carbocycles. The van der Waals surface area contributed by atoms with Crippen LogP contribution in [0.2, 0.25) is 0 Å². The van der Waals surface area contributed by atoms with E-state index in [0.29, 0.717) is 19.8 Å². The molecule has 0 radical (unpaired) electrons. The van der Waals surface area contributed by atoms with Crippen LogP contribution in [0.3, 0.4) is 0 Å². The highest BCUT2D eigenvalue weighted by Crippen LogP contribution is 2.21. The van der Waals surface area contributed by atoms with Gasteiger partial charge in [-0.05, 0) is 23.8 Å². The molecule has 28 heavy (non-hydrogen) atoms. The highest BCUT2D eigenvalue weighted by atomic mass is 127. The summed E-state index contributed by atoms with van der Waals surface area (Å²) in [7, 11) is 1.75. The van der Waals surface area contributed by atoms with E-state index in [0.717, 1.165) is 37.7 Å². The number of aliphatic imine (C=N–C) groups is 1. The number of rotatable bonds is 7. The Bertz CT molecular complexity index is 704. The van der Waals surface area contributed by atoms with Crippen molar-refractivity contribution in [2.75, 3.05) is 46.4 Å². The van der Waals surface area contributed by atoms with E-state index in [2.05, 4.69) is 25.6 Å². The summed E-state index contributed by atoms with van der Waals surface area (Å²) in [6, 6.07) is 8.76. The van der Waals surface area contributed by atoms with E-state index in [1.807, 2.05) is 29.1 Å². The third-order valence-electron chi connectivity index (χ3n) is 4.62. The van der Waals surface area contributed by atoms with Gasteiger partial charge in [-0.25, -0.2) is 4.39 Å². The quantitative estimate of drug-likeness (QED) is 0.344. The van der Waals surface area contributed by atoms with Crippen LogP contribution in [0.5, 0.6) is 0 Å². The lowest BCUT2D eigenvalue weighted by Gasteiger charge is -2.35. The van der Waals surface area contributed by atoms with Gasteiger partial charge in [-0.15, -0.1) is 24.0 Å². The molecule has 154 valence electrons. The molecule has 0 saturated carbocycles. The average Bonchev–Trinajstić information content (AvgIpc) is 3.22. The molecule has 7 nitrogen and oxygen atoms in total. The first kappa shape index (κ1) is 22.6. The monoisotopic (exact) mass is 502 g/mol. The molecular formula is C19H28FIN6O. The maximum Gasteiger partial charge on any atom is 0.191 e. The lowest BCUT2D eigenvalue weighted by atomic mass is 10.0. The van der Waals surface area contributed by atoms with Crippen LogP contribution < -0.4 is 10.6 Å². The van der Waals surface area contributed by atoms with E-state index < -0.39 is 0 Å². The van der Waals surface area contributed by atoms with Crippen molar-refractivity contribution in [3.8, 4) is 0 Å². The third kappa shape index (κ3) is 6.71. The zero-order valence-corrected chi connectivity index (χ0v) is 18.4. The Labute approximate surface area is 182 Å². The number of aromatic nitrogens is 2. The molecule has 1 atom stereocenters. The number of morpholine rings is 1. The first-order chi connectivity index (χ1) is 13.3. The smallest absolute Gasteiger partial charge is 0.191 e. The molecule has 1 aliphatic heterocycles. The first-order valence-corrected chi connectivity index (χ1v) is 9.25. The largest absolute Gasteiger partial charge is 0.379 e. The van der Waals surface area contributed by atoms with Crippen molar-refractivity contribution in [3.05, 3.63) is 54.1 Å². The van der Waals surface area contributed by atoms with Gasteiger partial charge >= 0.3 is 0 Å². The lowest BCUT2D eigenvalue weighted by molar-refractivity contribution is 0.0170. The second kappa shape index (κ2) is 12.0. The lowest BCUT2D eigenvalue weighted by Crippen LogP contribution is -2.46. The van der Waals surface area contributed by atoms with Crippen LogP contribution in [0.4, 0.5) is 4.39 Å². The Kier molecular flexibility index (Phi) is 9.65. The predicted octanol–water partition coefficient (Wildman–Crippen LogP) is 1.88. The summed E-state index contributed by atoms with van der Waals surface area (Å²) in [6.45, 7) is 5.30. The minimum Gasteiger partial charge on any atom is -0.379 e. The Balaban J connectivity index is 0.00000280. The van der Waals surface area contributed by atoms with E-state index in [1.165, 1.54) is 12.1 Å². The van der Waals surface area contributed by atoms with E-state index in [1.54, 1.807) is 13.2 Å². The second-order valence-electron chi connectivity index (χ2n) is 6.36. The van der Waals surface area contributed by atoms with E-state index >= 15 is 0 Å². The van der Waals surface area contributed by atoms with Crippen LogP contribution in [0, 0.1) is 5.82 Å². The average molecular weight is 502 g/mol. The fourth-order valence-electron chi connectivity index (χ4n) is 3.17. The number of hydrogen-bond donors (Lipinski definition) is 2. The summed E-state index contributed by atoms with van der Waals surface area (Å²) in [5.74, 6) is 0.520. The van der Waals surface area contributed by atoms with Gasteiger partial charge in [0.1, 0.15) is 5.82 Å². The summed E-state index contributed by atoms with van der Waals surface area (Å²) >= 11 is 0. The molecule has 0 amide bonds. The number of nitrogens with zero attached hydrogens (tertiary/aromatic N) is 4. The topological polar surface area (TPSA) is 66.7 Å². The number of halogens is 2. The molecule has 0 aliphatic carbocycles. The summed E-state index contributed by atoms with van der Waals surface area (Å²) in [5.41, 5.74) is 1.08. The second-order valence-corrected chi connectivity index (χ2v) is 6.36. The maximum absolute atomic E-state index is 13.3. The third-order valence-corrected chi connectivity index (χ3v) is 4.62. The summed E-state index contributed by atoms with van der Waals surface area (Å²) in [5, 5.41) is 10.9. The summed E-state index contributed by atoms with van der Waals surface area (Å²) < 4.78 is 20.7. The number of ether oxygens (including phenoxy) is 1. The zero-order chi connectivity index (χ0) is 18.9. The summed E-state index contributed by atoms with van der Waals surface area (Å²) in [4.78, 5) is 6.66. The van der Waals surface area contributed by atoms with Crippen LogP contribution in [-0.2, 0) is 11.3 Å². The molecule has 1 fully saturated rings. The van der Waals surface area contributed by atoms with E-state index in [9.17, 15) is 4.39 Å². The van der Waals surface area contributed by atoms with E-state index in [-0.39, 0.29) is 35.8 Å². The molecule has 9 heteroatoms. The Morgan fingerprint density at radius 2 is 2.00 bits per heavy atom. The molecule has 1 aromatic heterocycles. The van der Waals surface area contributed by atoms with Crippen LogP contribution in [-0.4, -0.2) is 67.1 Å². The van der Waals surface area contributed by atoms with Gasteiger partial charge in [0.2, 0.25) is 0 Å². The summed E-state index contributed by atoms with van der Waals surface area (Å²) in [6.07, 6.45) is 3.70. The number of hydrogen-bond acceptors (Lipinski definition) is 4. The van der Waals surface area contributed by atoms with Crippen molar-refractivity contribution in [2.45, 2.75) is 12.6 Å². The van der Waals surface area contributed by atoms with Crippen molar-refractivity contribution >= 4 is 29.9 Å². The number of benzene rings is 1. The van der Waals surface area contributed by atoms with Crippen LogP contribution in [0.1, 0.15) is 11.6 Å². The van der Waals surface area contributed by atoms with Crippen molar-refractivity contribution in [1.29, 1.82) is 0 Å². The van der Waals surface area contributed by atoms with Crippen molar-refractivity contribution in [2.24, 2.45) is 4.99 Å². The van der Waals surface area contributed by atoms with Crippen molar-refractivity contribution in [3.63, 3.8) is 0 Å². The molecule has 0 spiro atoms. The Morgan fingerprint density at radius 1 is 1.25 bits per heavy atom. The normalized spacial score (nSPS) is 16.3. The molecule has 1 saturated heterocycles. The standard InChI is InChI=1S/C19H27FN6O.HI/c1-21-19(22-8-10-26-9-2-7-24-26)23-15-18(25-11-13-27-14-12-25)16-3-5-17(20)6-4-16;/h2-7,9,18H,8,10-15H2,1H3,(H2,21,22,23);1H. The van der Waals surface area contributed by atoms with Gasteiger partial charge in [0.05, 0.1) is 25.8 Å². The van der Waals surface area contributed by atoms with Gasteiger partial charge in [0, 0.05) is 45.6 Å². The highest BCUT2D eigenvalue weighted by molar-refractivity contribution is 14.0. The predicted molar refractivity (Wildman–Crippen MR) is 119 cm³/mol. The molecule has 2 aromatic rings. The molecule has 2 N–H and O–H groups in total. The maximum atomic E-state index is 13.3. The van der Waals surface area contributed by atoms with Gasteiger partial charge in [-0.2, -0.15) is 5.10 Å². The van der Waals surface area contributed by atoms with Gasteiger partial charge in [0.15, 0.2) is 5.96 Å². The highest BCUT2D eigenvalue weighted by Gasteiger charge is 2.23. The van der Waals surface area contributed by atoms with Gasteiger partial charge in [-0.1, -0.05) is 12.1 Å². The van der Waals surface area contributed by atoms with Crippen molar-refractivity contribution in [1.82, 2.24) is 25.3 Å². The Morgan fingerprint density at radius 3 is 2.64 bits per heavy atom. The molecule has 1 aliphatic rings.